The number of imidazole rings is 1. The van der Waals surface area contributed by atoms with Crippen LogP contribution >= 0.6 is 0 Å². The summed E-state index contributed by atoms with van der Waals surface area (Å²) in [6, 6.07) is 10.7. The molecule has 21 heavy (non-hydrogen) atoms. The van der Waals surface area contributed by atoms with Gasteiger partial charge in [0.25, 0.3) is 0 Å². The van der Waals surface area contributed by atoms with Crippen molar-refractivity contribution in [2.75, 3.05) is 0 Å². The van der Waals surface area contributed by atoms with Gasteiger partial charge in [-0.1, -0.05) is 26.8 Å². The maximum atomic E-state index is 4.54. The van der Waals surface area contributed by atoms with Crippen LogP contribution in [0, 0.1) is 5.92 Å². The van der Waals surface area contributed by atoms with Crippen molar-refractivity contribution in [3.05, 3.63) is 54.1 Å². The summed E-state index contributed by atoms with van der Waals surface area (Å²) in [6.45, 7) is 6.60. The van der Waals surface area contributed by atoms with Gasteiger partial charge in [-0.25, -0.2) is 4.98 Å². The van der Waals surface area contributed by atoms with Gasteiger partial charge in [0.1, 0.15) is 6.33 Å². The number of aryl methyl sites for hydroxylation is 1. The average molecular weight is 279 g/mol. The summed E-state index contributed by atoms with van der Waals surface area (Å²) in [7, 11) is 0. The van der Waals surface area contributed by atoms with Crippen LogP contribution in [-0.4, -0.2) is 14.5 Å². The molecule has 0 unspecified atom stereocenters. The Labute approximate surface area is 125 Å². The molecule has 3 heteroatoms. The van der Waals surface area contributed by atoms with Crippen LogP contribution in [0.5, 0.6) is 0 Å². The molecule has 0 bridgehead atoms. The SMILES string of the molecule is CCc1ccc(-n2cnc3cc(CC(C)C)ccc32)cn1. The fourth-order valence-corrected chi connectivity index (χ4v) is 2.63. The lowest BCUT2D eigenvalue weighted by Gasteiger charge is -2.07. The smallest absolute Gasteiger partial charge is 0.100 e. The largest absolute Gasteiger partial charge is 0.297 e. The van der Waals surface area contributed by atoms with Gasteiger partial charge in [0, 0.05) is 5.69 Å². The van der Waals surface area contributed by atoms with Crippen molar-refractivity contribution >= 4 is 11.0 Å². The predicted octanol–water partition coefficient (Wildman–Crippen LogP) is 4.18. The zero-order valence-corrected chi connectivity index (χ0v) is 12.9. The lowest BCUT2D eigenvalue weighted by Crippen LogP contribution is -1.96. The Balaban J connectivity index is 1.99. The Morgan fingerprint density at radius 1 is 1.10 bits per heavy atom. The summed E-state index contributed by atoms with van der Waals surface area (Å²) in [5.41, 5.74) is 5.71. The third kappa shape index (κ3) is 2.82. The first-order valence-corrected chi connectivity index (χ1v) is 7.58. The van der Waals surface area contributed by atoms with Crippen molar-refractivity contribution in [2.45, 2.75) is 33.6 Å². The van der Waals surface area contributed by atoms with Crippen molar-refractivity contribution in [1.29, 1.82) is 0 Å². The van der Waals surface area contributed by atoms with Gasteiger partial charge >= 0.3 is 0 Å². The predicted molar refractivity (Wildman–Crippen MR) is 86.8 cm³/mol. The Bertz CT molecular complexity index is 739. The molecular formula is C18H21N3. The molecule has 0 amide bonds. The average Bonchev–Trinajstić information content (AvgIpc) is 2.90. The Morgan fingerprint density at radius 3 is 2.62 bits per heavy atom. The van der Waals surface area contributed by atoms with E-state index in [-0.39, 0.29) is 0 Å². The maximum Gasteiger partial charge on any atom is 0.100 e. The highest BCUT2D eigenvalue weighted by Gasteiger charge is 2.07. The lowest BCUT2D eigenvalue weighted by molar-refractivity contribution is 0.648. The quantitative estimate of drug-likeness (QED) is 0.717. The van der Waals surface area contributed by atoms with Gasteiger partial charge < -0.3 is 0 Å². The molecule has 2 heterocycles. The van der Waals surface area contributed by atoms with Crippen LogP contribution in [0.1, 0.15) is 32.0 Å². The molecule has 0 aliphatic heterocycles. The molecule has 0 saturated carbocycles. The van der Waals surface area contributed by atoms with E-state index in [4.69, 9.17) is 0 Å². The Morgan fingerprint density at radius 2 is 1.95 bits per heavy atom. The van der Waals surface area contributed by atoms with Crippen molar-refractivity contribution < 1.29 is 0 Å². The van der Waals surface area contributed by atoms with E-state index in [1.165, 1.54) is 5.56 Å². The highest BCUT2D eigenvalue weighted by atomic mass is 15.1. The van der Waals surface area contributed by atoms with Crippen LogP contribution in [0.15, 0.2) is 42.9 Å². The second-order valence-corrected chi connectivity index (χ2v) is 5.90. The molecule has 0 saturated heterocycles. The number of rotatable bonds is 4. The summed E-state index contributed by atoms with van der Waals surface area (Å²) < 4.78 is 2.10. The summed E-state index contributed by atoms with van der Waals surface area (Å²) in [4.78, 5) is 9.01. The van der Waals surface area contributed by atoms with Gasteiger partial charge in [-0.05, 0) is 48.6 Å². The summed E-state index contributed by atoms with van der Waals surface area (Å²) >= 11 is 0. The van der Waals surface area contributed by atoms with E-state index in [0.717, 1.165) is 35.3 Å². The van der Waals surface area contributed by atoms with Gasteiger partial charge in [0.2, 0.25) is 0 Å². The van der Waals surface area contributed by atoms with Crippen LogP contribution in [-0.2, 0) is 12.8 Å². The van der Waals surface area contributed by atoms with E-state index in [9.17, 15) is 0 Å². The summed E-state index contributed by atoms with van der Waals surface area (Å²) in [5, 5.41) is 0. The molecule has 3 aromatic rings. The van der Waals surface area contributed by atoms with Crippen molar-refractivity contribution in [2.24, 2.45) is 5.92 Å². The number of hydrogen-bond donors (Lipinski definition) is 0. The Hall–Kier alpha value is -2.16. The Kier molecular flexibility index (Phi) is 3.74. The molecule has 2 aromatic heterocycles. The zero-order chi connectivity index (χ0) is 14.8. The fourth-order valence-electron chi connectivity index (χ4n) is 2.63. The first-order chi connectivity index (χ1) is 10.2. The standard InChI is InChI=1S/C18H21N3/c1-4-15-6-7-16(11-19-15)21-12-20-17-10-14(9-13(2)3)5-8-18(17)21/h5-8,10-13H,4,9H2,1-3H3. The molecule has 0 fully saturated rings. The van der Waals surface area contributed by atoms with Gasteiger partial charge in [-0.15, -0.1) is 0 Å². The third-order valence-corrected chi connectivity index (χ3v) is 3.71. The van der Waals surface area contributed by atoms with Crippen LogP contribution in [0.25, 0.3) is 16.7 Å². The highest BCUT2D eigenvalue weighted by molar-refractivity contribution is 5.78. The number of aromatic nitrogens is 3. The van der Waals surface area contributed by atoms with Crippen molar-refractivity contribution in [3.8, 4) is 5.69 Å². The molecule has 0 aliphatic rings. The first kappa shape index (κ1) is 13.8. The van der Waals surface area contributed by atoms with E-state index in [0.29, 0.717) is 5.92 Å². The van der Waals surface area contributed by atoms with Crippen LogP contribution in [0.3, 0.4) is 0 Å². The highest BCUT2D eigenvalue weighted by Crippen LogP contribution is 2.20. The molecular weight excluding hydrogens is 258 g/mol. The second-order valence-electron chi connectivity index (χ2n) is 5.90. The molecule has 0 aliphatic carbocycles. The molecule has 0 radical (unpaired) electrons. The van der Waals surface area contributed by atoms with E-state index < -0.39 is 0 Å². The van der Waals surface area contributed by atoms with Crippen molar-refractivity contribution in [3.63, 3.8) is 0 Å². The number of benzene rings is 1. The summed E-state index contributed by atoms with van der Waals surface area (Å²) in [5.74, 6) is 0.662. The molecule has 1 aromatic carbocycles. The minimum atomic E-state index is 0.662. The van der Waals surface area contributed by atoms with Gasteiger partial charge in [0.15, 0.2) is 0 Å². The van der Waals surface area contributed by atoms with Gasteiger partial charge in [0.05, 0.1) is 22.9 Å². The molecule has 0 spiro atoms. The van der Waals surface area contributed by atoms with Crippen LogP contribution in [0.2, 0.25) is 0 Å². The van der Waals surface area contributed by atoms with E-state index >= 15 is 0 Å². The number of nitrogens with zero attached hydrogens (tertiary/aromatic N) is 3. The molecule has 108 valence electrons. The second kappa shape index (κ2) is 5.68. The van der Waals surface area contributed by atoms with Crippen LogP contribution in [0.4, 0.5) is 0 Å². The van der Waals surface area contributed by atoms with Crippen LogP contribution < -0.4 is 0 Å². The normalized spacial score (nSPS) is 11.4. The molecule has 0 N–H and O–H groups in total. The monoisotopic (exact) mass is 279 g/mol. The molecule has 3 nitrogen and oxygen atoms in total. The van der Waals surface area contributed by atoms with E-state index in [2.05, 4.69) is 65.6 Å². The van der Waals surface area contributed by atoms with Crippen molar-refractivity contribution in [1.82, 2.24) is 14.5 Å². The fraction of sp³-hybridized carbons (Fsp3) is 0.333. The lowest BCUT2D eigenvalue weighted by atomic mass is 10.0. The zero-order valence-electron chi connectivity index (χ0n) is 12.9. The van der Waals surface area contributed by atoms with Gasteiger partial charge in [-0.3, -0.25) is 9.55 Å². The topological polar surface area (TPSA) is 30.7 Å². The van der Waals surface area contributed by atoms with E-state index in [1.54, 1.807) is 0 Å². The number of hydrogen-bond acceptors (Lipinski definition) is 2. The van der Waals surface area contributed by atoms with E-state index in [1.807, 2.05) is 12.5 Å². The minimum absolute atomic E-state index is 0.662. The first-order valence-electron chi connectivity index (χ1n) is 7.58. The van der Waals surface area contributed by atoms with Gasteiger partial charge in [-0.2, -0.15) is 0 Å². The summed E-state index contributed by atoms with van der Waals surface area (Å²) in [6.07, 6.45) is 5.85. The molecule has 3 rings (SSSR count). The number of pyridine rings is 1. The third-order valence-electron chi connectivity index (χ3n) is 3.71. The minimum Gasteiger partial charge on any atom is -0.297 e. The number of fused-ring (bicyclic) bond motifs is 1. The molecule has 0 atom stereocenters. The maximum absolute atomic E-state index is 4.54.